The van der Waals surface area contributed by atoms with Gasteiger partial charge in [0.15, 0.2) is 0 Å². The van der Waals surface area contributed by atoms with Crippen molar-refractivity contribution in [1.82, 2.24) is 0 Å². The van der Waals surface area contributed by atoms with E-state index in [0.717, 1.165) is 5.46 Å². The second kappa shape index (κ2) is 12.2. The number of allylic oxidation sites excluding steroid dienone is 3. The summed E-state index contributed by atoms with van der Waals surface area (Å²) in [4.78, 5) is 1.33. The molecule has 0 amide bonds. The zero-order valence-corrected chi connectivity index (χ0v) is 30.3. The first-order valence-corrected chi connectivity index (χ1v) is 17.9. The summed E-state index contributed by atoms with van der Waals surface area (Å²) in [7, 11) is -0.350. The molecule has 5 heteroatoms. The van der Waals surface area contributed by atoms with Gasteiger partial charge in [0.1, 0.15) is 0 Å². The van der Waals surface area contributed by atoms with E-state index in [1.807, 2.05) is 35.3 Å². The minimum absolute atomic E-state index is 0.112. The van der Waals surface area contributed by atoms with Crippen molar-refractivity contribution in [2.45, 2.75) is 84.2 Å². The van der Waals surface area contributed by atoms with Crippen molar-refractivity contribution in [1.29, 1.82) is 0 Å². The summed E-state index contributed by atoms with van der Waals surface area (Å²) in [6.07, 6.45) is 3.86. The van der Waals surface area contributed by atoms with Crippen LogP contribution in [0.5, 0.6) is 0 Å². The Morgan fingerprint density at radius 3 is 2.02 bits per heavy atom. The molecule has 4 aromatic carbocycles. The third kappa shape index (κ3) is 5.92. The molecule has 2 heterocycles. The molecule has 1 aliphatic carbocycles. The maximum Gasteiger partial charge on any atom is 0.494 e. The summed E-state index contributed by atoms with van der Waals surface area (Å²) in [6.45, 7) is 23.2. The van der Waals surface area contributed by atoms with Gasteiger partial charge >= 0.3 is 7.12 Å². The van der Waals surface area contributed by atoms with Gasteiger partial charge in [-0.25, -0.2) is 0 Å². The molecule has 0 spiro atoms. The summed E-state index contributed by atoms with van der Waals surface area (Å²) < 4.78 is 15.4. The van der Waals surface area contributed by atoms with Gasteiger partial charge in [-0.3, -0.25) is 0 Å². The normalized spacial score (nSPS) is 17.6. The van der Waals surface area contributed by atoms with E-state index in [1.165, 1.54) is 58.5 Å². The molecule has 0 N–H and O–H groups in total. The van der Waals surface area contributed by atoms with Gasteiger partial charge in [-0.15, -0.1) is 23.1 Å². The molecular weight excluding hydrogens is 599 g/mol. The highest BCUT2D eigenvalue weighted by atomic mass is 32.2. The Morgan fingerprint density at radius 2 is 1.35 bits per heavy atom. The van der Waals surface area contributed by atoms with E-state index >= 15 is 0 Å². The van der Waals surface area contributed by atoms with Crippen LogP contribution in [0.4, 0.5) is 0 Å². The van der Waals surface area contributed by atoms with E-state index in [0.29, 0.717) is 5.25 Å². The molecule has 46 heavy (non-hydrogen) atoms. The Morgan fingerprint density at radius 1 is 0.761 bits per heavy atom. The van der Waals surface area contributed by atoms with E-state index in [2.05, 4.69) is 148 Å². The van der Waals surface area contributed by atoms with E-state index < -0.39 is 0 Å². The number of hydrogen-bond acceptors (Lipinski definition) is 4. The van der Waals surface area contributed by atoms with Gasteiger partial charge < -0.3 is 9.31 Å². The molecule has 1 saturated heterocycles. The van der Waals surface area contributed by atoms with Crippen molar-refractivity contribution < 1.29 is 9.31 Å². The molecule has 0 saturated carbocycles. The third-order valence-corrected chi connectivity index (χ3v) is 11.8. The quantitative estimate of drug-likeness (QED) is 0.140. The van der Waals surface area contributed by atoms with E-state index in [9.17, 15) is 0 Å². The fourth-order valence-electron chi connectivity index (χ4n) is 6.54. The highest BCUT2D eigenvalue weighted by Crippen LogP contribution is 2.50. The zero-order valence-electron chi connectivity index (χ0n) is 28.7. The van der Waals surface area contributed by atoms with E-state index in [1.54, 1.807) is 0 Å². The van der Waals surface area contributed by atoms with Gasteiger partial charge in [0.05, 0.1) is 11.2 Å². The summed E-state index contributed by atoms with van der Waals surface area (Å²) in [5.74, 6) is 0. The lowest BCUT2D eigenvalue weighted by Crippen LogP contribution is -2.41. The smallest absolute Gasteiger partial charge is 0.399 e. The number of benzene rings is 4. The maximum absolute atomic E-state index is 6.37. The van der Waals surface area contributed by atoms with Gasteiger partial charge in [-0.2, -0.15) is 0 Å². The first-order chi connectivity index (χ1) is 21.7. The van der Waals surface area contributed by atoms with Gasteiger partial charge in [0.2, 0.25) is 0 Å². The summed E-state index contributed by atoms with van der Waals surface area (Å²) in [5.41, 5.74) is 8.17. The second-order valence-electron chi connectivity index (χ2n) is 14.3. The number of hydrogen-bond donors (Lipinski definition) is 0. The highest BCUT2D eigenvalue weighted by molar-refractivity contribution is 8.03. The maximum atomic E-state index is 6.37. The average Bonchev–Trinajstić information content (AvgIpc) is 3.56. The molecule has 0 bridgehead atoms. The minimum atomic E-state index is -0.350. The van der Waals surface area contributed by atoms with Crippen molar-refractivity contribution >= 4 is 55.9 Å². The zero-order chi connectivity index (χ0) is 33.0. The monoisotopic (exact) mass is 644 g/mol. The molecule has 0 radical (unpaired) electrons. The molecule has 0 unspecified atom stereocenters. The molecule has 236 valence electrons. The predicted molar refractivity (Wildman–Crippen MR) is 205 cm³/mol. The Hall–Kier alpha value is -3.09. The fraction of sp³-hybridized carbons (Fsp3) is 0.317. The molecule has 1 fully saturated rings. The van der Waals surface area contributed by atoms with Gasteiger partial charge in [0, 0.05) is 30.8 Å². The van der Waals surface area contributed by atoms with E-state index in [-0.39, 0.29) is 23.7 Å². The fourth-order valence-corrected chi connectivity index (χ4v) is 8.55. The lowest BCUT2D eigenvalue weighted by molar-refractivity contribution is 0.00578. The highest BCUT2D eigenvalue weighted by Gasteiger charge is 2.52. The molecule has 2 aliphatic rings. The van der Waals surface area contributed by atoms with Crippen LogP contribution in [0.25, 0.3) is 42.4 Å². The molecule has 1 aromatic heterocycles. The van der Waals surface area contributed by atoms with Crippen molar-refractivity contribution in [3.8, 4) is 22.3 Å². The van der Waals surface area contributed by atoms with Crippen LogP contribution >= 0.6 is 23.1 Å². The van der Waals surface area contributed by atoms with Gasteiger partial charge in [-0.05, 0) is 103 Å². The number of thiophene rings is 1. The van der Waals surface area contributed by atoms with Crippen LogP contribution in [0.15, 0.2) is 102 Å². The van der Waals surface area contributed by atoms with Crippen LogP contribution in [0.3, 0.4) is 0 Å². The standard InChI is InChI=1S/C33H31BO2S.C8H14S/c1-31(2)27-18-21(20-12-16-30-26(17-20)25-9-7-8-10-29(25)37-30)11-14-23(27)24-15-13-22(19-28(24)31)34-35-32(3,4)33(5,6)36-34;1-5-6-8(4)9-7(2)3/h7-19H,1-6H3;5-7H,1H2,2-4H3/b;8-6+. The number of rotatable bonds is 5. The van der Waals surface area contributed by atoms with Crippen molar-refractivity contribution in [2.75, 3.05) is 0 Å². The summed E-state index contributed by atoms with van der Waals surface area (Å²) in [6, 6.07) is 29.3. The largest absolute Gasteiger partial charge is 0.494 e. The average molecular weight is 645 g/mol. The molecule has 7 rings (SSSR count). The topological polar surface area (TPSA) is 18.5 Å². The predicted octanol–water partition coefficient (Wildman–Crippen LogP) is 11.5. The van der Waals surface area contributed by atoms with Crippen LogP contribution in [0.2, 0.25) is 0 Å². The van der Waals surface area contributed by atoms with Crippen LogP contribution < -0.4 is 5.46 Å². The number of thioether (sulfide) groups is 1. The minimum Gasteiger partial charge on any atom is -0.399 e. The Bertz CT molecular complexity index is 1960. The summed E-state index contributed by atoms with van der Waals surface area (Å²) in [5, 5.41) is 3.36. The SMILES string of the molecule is C=C/C=C(\C)SC(C)C.CC1(C)c2cc(B3OC(C)(C)C(C)(C)O3)ccc2-c2ccc(-c3ccc4sc5ccccc5c4c3)cc21. The second-order valence-corrected chi connectivity index (χ2v) is 17.2. The van der Waals surface area contributed by atoms with Crippen molar-refractivity contribution in [3.05, 3.63) is 114 Å². The number of fused-ring (bicyclic) bond motifs is 6. The van der Waals surface area contributed by atoms with Crippen LogP contribution in [0, 0.1) is 0 Å². The Kier molecular flexibility index (Phi) is 8.69. The first-order valence-electron chi connectivity index (χ1n) is 16.2. The van der Waals surface area contributed by atoms with Crippen molar-refractivity contribution in [2.24, 2.45) is 0 Å². The molecule has 5 aromatic rings. The van der Waals surface area contributed by atoms with E-state index in [4.69, 9.17) is 9.31 Å². The van der Waals surface area contributed by atoms with Crippen molar-refractivity contribution in [3.63, 3.8) is 0 Å². The van der Waals surface area contributed by atoms with Crippen LogP contribution in [-0.2, 0) is 14.7 Å². The Balaban J connectivity index is 0.000000364. The molecular formula is C41H45BO2S2. The lowest BCUT2D eigenvalue weighted by Gasteiger charge is -2.32. The molecule has 0 atom stereocenters. The van der Waals surface area contributed by atoms with Crippen LogP contribution in [-0.4, -0.2) is 23.6 Å². The van der Waals surface area contributed by atoms with Crippen LogP contribution in [0.1, 0.15) is 73.4 Å². The first kappa shape index (κ1) is 32.8. The van der Waals surface area contributed by atoms with Gasteiger partial charge in [0.25, 0.3) is 0 Å². The molecule has 2 nitrogen and oxygen atoms in total. The lowest BCUT2D eigenvalue weighted by atomic mass is 9.74. The summed E-state index contributed by atoms with van der Waals surface area (Å²) >= 11 is 3.74. The molecule has 1 aliphatic heterocycles. The third-order valence-electron chi connectivity index (χ3n) is 9.71. The van der Waals surface area contributed by atoms with Gasteiger partial charge in [-0.1, -0.05) is 101 Å². The Labute approximate surface area is 284 Å².